The molecule has 7 heteroatoms. The molecule has 0 radical (unpaired) electrons. The average molecular weight is 555 g/mol. The molecule has 37 heavy (non-hydrogen) atoms. The van der Waals surface area contributed by atoms with Crippen LogP contribution in [-0.4, -0.2) is 55.6 Å². The number of carbonyl (C=O) groups is 1. The van der Waals surface area contributed by atoms with Crippen molar-refractivity contribution in [1.82, 2.24) is 8.61 Å². The molecule has 0 aromatic heterocycles. The summed E-state index contributed by atoms with van der Waals surface area (Å²) in [5.74, 6) is -0.272. The number of hydrogen-bond acceptors (Lipinski definition) is 7. The zero-order chi connectivity index (χ0) is 28.2. The van der Waals surface area contributed by atoms with Crippen LogP contribution in [0.5, 0.6) is 0 Å². The summed E-state index contributed by atoms with van der Waals surface area (Å²) in [5, 5.41) is 0. The number of rotatable bonds is 12. The molecule has 214 valence electrons. The van der Waals surface area contributed by atoms with Crippen molar-refractivity contribution >= 4 is 27.9 Å². The number of ether oxygens (including phenoxy) is 2. The largest absolute Gasteiger partial charge is 0.459 e. The van der Waals surface area contributed by atoms with Gasteiger partial charge in [0, 0.05) is 62.5 Å². The smallest absolute Gasteiger partial charge is 0.333 e. The maximum absolute atomic E-state index is 12.4. The van der Waals surface area contributed by atoms with Crippen molar-refractivity contribution in [1.29, 1.82) is 0 Å². The van der Waals surface area contributed by atoms with E-state index in [1.807, 2.05) is 28.9 Å². The van der Waals surface area contributed by atoms with E-state index in [2.05, 4.69) is 77.2 Å². The van der Waals surface area contributed by atoms with Crippen LogP contribution in [0.2, 0.25) is 0 Å². The van der Waals surface area contributed by atoms with Crippen LogP contribution in [0.1, 0.15) is 121 Å². The standard InChI is InChI=1S/C30H54N2O3S2/c1-13-29(14-2)19-24(34-21-22(5)6)17-27(9,10)31(29)36-37-32-28(11,12)18-25(35-26(33)23(7)8)20-30(32,15-3)16-4/h24-25H,5,7,13-21H2,1-4,6,8-12H3. The van der Waals surface area contributed by atoms with Gasteiger partial charge in [-0.3, -0.25) is 0 Å². The van der Waals surface area contributed by atoms with Gasteiger partial charge in [-0.2, -0.15) is 0 Å². The fourth-order valence-corrected chi connectivity index (χ4v) is 10.7. The Kier molecular flexibility index (Phi) is 11.3. The Labute approximate surface area is 236 Å². The minimum absolute atomic E-state index is 0.0117. The quantitative estimate of drug-likeness (QED) is 0.0787. The summed E-state index contributed by atoms with van der Waals surface area (Å²) in [5.41, 5.74) is 1.43. The van der Waals surface area contributed by atoms with Gasteiger partial charge in [0.25, 0.3) is 0 Å². The van der Waals surface area contributed by atoms with Crippen LogP contribution in [0.15, 0.2) is 24.3 Å². The third-order valence-corrected chi connectivity index (χ3v) is 11.9. The lowest BCUT2D eigenvalue weighted by molar-refractivity contribution is -0.152. The molecule has 0 aliphatic carbocycles. The van der Waals surface area contributed by atoms with Crippen LogP contribution in [0.25, 0.3) is 0 Å². The summed E-state index contributed by atoms with van der Waals surface area (Å²) in [6, 6.07) is 0. The van der Waals surface area contributed by atoms with Gasteiger partial charge in [-0.25, -0.2) is 13.4 Å². The van der Waals surface area contributed by atoms with Crippen molar-refractivity contribution in [3.05, 3.63) is 24.3 Å². The highest BCUT2D eigenvalue weighted by Gasteiger charge is 2.53. The molecule has 0 saturated carbocycles. The summed E-state index contributed by atoms with van der Waals surface area (Å²) in [6.07, 6.45) is 8.05. The van der Waals surface area contributed by atoms with Crippen LogP contribution in [-0.2, 0) is 14.3 Å². The first kappa shape index (κ1) is 32.7. The predicted octanol–water partition coefficient (Wildman–Crippen LogP) is 8.51. The highest BCUT2D eigenvalue weighted by atomic mass is 33.1. The molecule has 2 unspecified atom stereocenters. The molecular formula is C30H54N2O3S2. The molecule has 2 aliphatic heterocycles. The Morgan fingerprint density at radius 3 is 1.57 bits per heavy atom. The molecular weight excluding hydrogens is 500 g/mol. The van der Waals surface area contributed by atoms with Gasteiger partial charge in [0.15, 0.2) is 0 Å². The highest BCUT2D eigenvalue weighted by Crippen LogP contribution is 2.56. The molecule has 0 aromatic carbocycles. The Morgan fingerprint density at radius 1 is 0.784 bits per heavy atom. The van der Waals surface area contributed by atoms with Gasteiger partial charge in [-0.15, -0.1) is 0 Å². The van der Waals surface area contributed by atoms with E-state index in [1.54, 1.807) is 6.92 Å². The fraction of sp³-hybridized carbons (Fsp3) is 0.833. The first-order valence-electron chi connectivity index (χ1n) is 14.2. The topological polar surface area (TPSA) is 42.0 Å². The van der Waals surface area contributed by atoms with Crippen LogP contribution >= 0.6 is 22.0 Å². The Hall–Kier alpha value is -0.470. The SMILES string of the molecule is C=C(C)COC1CC(C)(C)N(SSN2C(C)(C)CC(OC(=O)C(=C)C)CC2(CC)CC)C(CC)(CC)C1. The van der Waals surface area contributed by atoms with E-state index in [1.165, 1.54) is 0 Å². The number of hydrogen-bond donors (Lipinski definition) is 0. The molecule has 2 aliphatic rings. The van der Waals surface area contributed by atoms with Gasteiger partial charge in [0.05, 0.1) is 12.7 Å². The number of piperidine rings is 2. The molecule has 2 atom stereocenters. The first-order valence-corrected chi connectivity index (χ1v) is 16.3. The van der Waals surface area contributed by atoms with Crippen molar-refractivity contribution in [2.45, 2.75) is 155 Å². The van der Waals surface area contributed by atoms with E-state index in [0.29, 0.717) is 12.2 Å². The van der Waals surface area contributed by atoms with Crippen LogP contribution in [0, 0.1) is 0 Å². The predicted molar refractivity (Wildman–Crippen MR) is 161 cm³/mol. The van der Waals surface area contributed by atoms with E-state index in [4.69, 9.17) is 9.47 Å². The minimum atomic E-state index is -0.272. The summed E-state index contributed by atoms with van der Waals surface area (Å²) in [7, 11) is 3.84. The second-order valence-electron chi connectivity index (χ2n) is 12.7. The molecule has 2 rings (SSSR count). The van der Waals surface area contributed by atoms with Gasteiger partial charge in [0.2, 0.25) is 0 Å². The van der Waals surface area contributed by atoms with Crippen molar-refractivity contribution in [3.63, 3.8) is 0 Å². The first-order chi connectivity index (χ1) is 17.1. The van der Waals surface area contributed by atoms with Gasteiger partial charge in [0.1, 0.15) is 6.10 Å². The molecule has 0 aromatic rings. The maximum Gasteiger partial charge on any atom is 0.333 e. The van der Waals surface area contributed by atoms with Crippen molar-refractivity contribution in [2.75, 3.05) is 6.61 Å². The van der Waals surface area contributed by atoms with Crippen molar-refractivity contribution < 1.29 is 14.3 Å². The van der Waals surface area contributed by atoms with Gasteiger partial charge in [-0.1, -0.05) is 46.4 Å². The highest BCUT2D eigenvalue weighted by molar-refractivity contribution is 8.74. The number of nitrogens with zero attached hydrogens (tertiary/aromatic N) is 2. The van der Waals surface area contributed by atoms with E-state index < -0.39 is 0 Å². The van der Waals surface area contributed by atoms with E-state index in [-0.39, 0.29) is 40.3 Å². The zero-order valence-corrected chi connectivity index (χ0v) is 27.0. The molecule has 2 heterocycles. The Morgan fingerprint density at radius 2 is 1.19 bits per heavy atom. The molecule has 2 saturated heterocycles. The summed E-state index contributed by atoms with van der Waals surface area (Å²) >= 11 is 0. The third kappa shape index (κ3) is 7.39. The Bertz CT molecular complexity index is 818. The summed E-state index contributed by atoms with van der Waals surface area (Å²) in [6.45, 7) is 30.8. The maximum atomic E-state index is 12.4. The van der Waals surface area contributed by atoms with Crippen LogP contribution in [0.4, 0.5) is 0 Å². The van der Waals surface area contributed by atoms with E-state index in [9.17, 15) is 4.79 Å². The molecule has 0 N–H and O–H groups in total. The van der Waals surface area contributed by atoms with E-state index in [0.717, 1.165) is 56.9 Å². The number of carbonyl (C=O) groups excluding carboxylic acids is 1. The lowest BCUT2D eigenvalue weighted by Gasteiger charge is -2.59. The second-order valence-corrected chi connectivity index (χ2v) is 14.7. The van der Waals surface area contributed by atoms with Crippen molar-refractivity contribution in [3.8, 4) is 0 Å². The molecule has 0 spiro atoms. The van der Waals surface area contributed by atoms with Gasteiger partial charge >= 0.3 is 5.97 Å². The Balaban J connectivity index is 2.31. The lowest BCUT2D eigenvalue weighted by Crippen LogP contribution is -2.63. The van der Waals surface area contributed by atoms with Gasteiger partial charge < -0.3 is 9.47 Å². The van der Waals surface area contributed by atoms with Crippen LogP contribution < -0.4 is 0 Å². The molecule has 0 bridgehead atoms. The second kappa shape index (κ2) is 12.8. The summed E-state index contributed by atoms with van der Waals surface area (Å²) in [4.78, 5) is 12.4. The minimum Gasteiger partial charge on any atom is -0.459 e. The number of esters is 1. The third-order valence-electron chi connectivity index (χ3n) is 8.63. The van der Waals surface area contributed by atoms with E-state index >= 15 is 0 Å². The van der Waals surface area contributed by atoms with Gasteiger partial charge in [-0.05, 0) is 80.1 Å². The average Bonchev–Trinajstić information content (AvgIpc) is 2.81. The molecule has 5 nitrogen and oxygen atoms in total. The normalized spacial score (nSPS) is 27.0. The fourth-order valence-electron chi connectivity index (χ4n) is 6.51. The molecule has 0 amide bonds. The molecule has 2 fully saturated rings. The monoisotopic (exact) mass is 554 g/mol. The van der Waals surface area contributed by atoms with Crippen molar-refractivity contribution in [2.24, 2.45) is 0 Å². The lowest BCUT2D eigenvalue weighted by atomic mass is 9.76. The summed E-state index contributed by atoms with van der Waals surface area (Å²) < 4.78 is 17.6. The zero-order valence-electron chi connectivity index (χ0n) is 25.4. The van der Waals surface area contributed by atoms with Crippen LogP contribution in [0.3, 0.4) is 0 Å².